The van der Waals surface area contributed by atoms with Gasteiger partial charge < -0.3 is 18.3 Å². The van der Waals surface area contributed by atoms with Crippen molar-refractivity contribution in [3.05, 3.63) is 53.0 Å². The number of nitrogens with zero attached hydrogens (tertiary/aromatic N) is 2. The zero-order valence-electron chi connectivity index (χ0n) is 13.2. The lowest BCUT2D eigenvalue weighted by Gasteiger charge is -2.06. The molecule has 0 unspecified atom stereocenters. The SMILES string of the molecule is O=C(CCCOc1ccc(Br)cc1)OCc1nnc(-c2ccco2)o1. The Morgan fingerprint density at radius 3 is 2.76 bits per heavy atom. The Balaban J connectivity index is 1.35. The van der Waals surface area contributed by atoms with E-state index >= 15 is 0 Å². The number of hydrogen-bond donors (Lipinski definition) is 0. The number of benzene rings is 1. The summed E-state index contributed by atoms with van der Waals surface area (Å²) in [5.41, 5.74) is 0. The number of hydrogen-bond acceptors (Lipinski definition) is 7. The smallest absolute Gasteiger partial charge is 0.306 e. The van der Waals surface area contributed by atoms with Crippen LogP contribution in [-0.2, 0) is 16.1 Å². The van der Waals surface area contributed by atoms with Crippen LogP contribution in [0.25, 0.3) is 11.7 Å². The molecule has 0 atom stereocenters. The fourth-order valence-electron chi connectivity index (χ4n) is 1.96. The molecule has 2 heterocycles. The minimum atomic E-state index is -0.350. The molecule has 0 saturated carbocycles. The Morgan fingerprint density at radius 1 is 1.16 bits per heavy atom. The molecule has 0 aliphatic heterocycles. The summed E-state index contributed by atoms with van der Waals surface area (Å²) in [6, 6.07) is 10.9. The van der Waals surface area contributed by atoms with Gasteiger partial charge in [-0.1, -0.05) is 15.9 Å². The quantitative estimate of drug-likeness (QED) is 0.412. The summed E-state index contributed by atoms with van der Waals surface area (Å²) in [4.78, 5) is 11.7. The van der Waals surface area contributed by atoms with Crippen LogP contribution in [0.15, 0.2) is 56.0 Å². The summed E-state index contributed by atoms with van der Waals surface area (Å²) in [7, 11) is 0. The van der Waals surface area contributed by atoms with Crippen LogP contribution in [0.1, 0.15) is 18.7 Å². The molecular formula is C17H15BrN2O5. The van der Waals surface area contributed by atoms with Gasteiger partial charge in [0.15, 0.2) is 12.4 Å². The standard InChI is InChI=1S/C17H15BrN2O5/c18-12-5-7-13(8-6-12)22-9-2-4-16(21)24-11-15-19-20-17(25-15)14-3-1-10-23-14/h1,3,5-8,10H,2,4,9,11H2. The van der Waals surface area contributed by atoms with Crippen molar-refractivity contribution in [3.8, 4) is 17.4 Å². The lowest BCUT2D eigenvalue weighted by Crippen LogP contribution is -2.07. The fraction of sp³-hybridized carbons (Fsp3) is 0.235. The van der Waals surface area contributed by atoms with Crippen molar-refractivity contribution in [1.82, 2.24) is 10.2 Å². The first kappa shape index (κ1) is 17.2. The molecule has 8 heteroatoms. The molecule has 3 aromatic rings. The van der Waals surface area contributed by atoms with Gasteiger partial charge in [-0.05, 0) is 42.8 Å². The van der Waals surface area contributed by atoms with Crippen molar-refractivity contribution >= 4 is 21.9 Å². The van der Waals surface area contributed by atoms with Crippen molar-refractivity contribution in [2.45, 2.75) is 19.4 Å². The molecule has 0 spiro atoms. The highest BCUT2D eigenvalue weighted by atomic mass is 79.9. The van der Waals surface area contributed by atoms with E-state index in [0.29, 0.717) is 18.8 Å². The van der Waals surface area contributed by atoms with Crippen molar-refractivity contribution < 1.29 is 23.1 Å². The highest BCUT2D eigenvalue weighted by Crippen LogP contribution is 2.18. The summed E-state index contributed by atoms with van der Waals surface area (Å²) in [6.45, 7) is 0.361. The summed E-state index contributed by atoms with van der Waals surface area (Å²) >= 11 is 3.36. The van der Waals surface area contributed by atoms with E-state index in [1.54, 1.807) is 12.1 Å². The van der Waals surface area contributed by atoms with E-state index in [1.807, 2.05) is 24.3 Å². The lowest BCUT2D eigenvalue weighted by molar-refractivity contribution is -0.145. The van der Waals surface area contributed by atoms with Crippen molar-refractivity contribution in [2.75, 3.05) is 6.61 Å². The van der Waals surface area contributed by atoms with Crippen LogP contribution in [0.3, 0.4) is 0 Å². The predicted molar refractivity (Wildman–Crippen MR) is 90.7 cm³/mol. The van der Waals surface area contributed by atoms with Crippen LogP contribution in [-0.4, -0.2) is 22.8 Å². The summed E-state index contributed by atoms with van der Waals surface area (Å²) in [5, 5.41) is 7.63. The van der Waals surface area contributed by atoms with Gasteiger partial charge in [-0.15, -0.1) is 10.2 Å². The predicted octanol–water partition coefficient (Wildman–Crippen LogP) is 3.99. The van der Waals surface area contributed by atoms with E-state index in [2.05, 4.69) is 26.1 Å². The van der Waals surface area contributed by atoms with Crippen molar-refractivity contribution in [1.29, 1.82) is 0 Å². The number of halogens is 1. The Bertz CT molecular complexity index is 799. The average molecular weight is 407 g/mol. The number of aromatic nitrogens is 2. The summed E-state index contributed by atoms with van der Waals surface area (Å²) < 4.78 is 22.1. The number of carbonyl (C=O) groups excluding carboxylic acids is 1. The topological polar surface area (TPSA) is 87.6 Å². The zero-order chi connectivity index (χ0) is 17.5. The maximum absolute atomic E-state index is 11.7. The minimum Gasteiger partial charge on any atom is -0.494 e. The third kappa shape index (κ3) is 5.18. The van der Waals surface area contributed by atoms with E-state index in [1.165, 1.54) is 6.26 Å². The third-order valence-corrected chi connectivity index (χ3v) is 3.69. The lowest BCUT2D eigenvalue weighted by atomic mass is 10.3. The molecule has 0 radical (unpaired) electrons. The first-order chi connectivity index (χ1) is 12.2. The van der Waals surface area contributed by atoms with Crippen molar-refractivity contribution in [2.24, 2.45) is 0 Å². The number of ether oxygens (including phenoxy) is 2. The summed E-state index contributed by atoms with van der Waals surface area (Å²) in [6.07, 6.45) is 2.31. The van der Waals surface area contributed by atoms with Gasteiger partial charge in [0.1, 0.15) is 5.75 Å². The van der Waals surface area contributed by atoms with Gasteiger partial charge in [0.05, 0.1) is 12.9 Å². The van der Waals surface area contributed by atoms with Gasteiger partial charge in [-0.3, -0.25) is 4.79 Å². The van der Waals surface area contributed by atoms with Gasteiger partial charge >= 0.3 is 5.97 Å². The molecule has 0 aliphatic carbocycles. The fourth-order valence-corrected chi connectivity index (χ4v) is 2.23. The van der Waals surface area contributed by atoms with E-state index in [0.717, 1.165) is 10.2 Å². The highest BCUT2D eigenvalue weighted by molar-refractivity contribution is 9.10. The third-order valence-electron chi connectivity index (χ3n) is 3.16. The van der Waals surface area contributed by atoms with Gasteiger partial charge in [0.25, 0.3) is 11.8 Å². The average Bonchev–Trinajstić information content (AvgIpc) is 3.29. The maximum Gasteiger partial charge on any atom is 0.306 e. The second kappa shape index (κ2) is 8.48. The molecule has 2 aromatic heterocycles. The van der Waals surface area contributed by atoms with Gasteiger partial charge in [-0.2, -0.15) is 0 Å². The van der Waals surface area contributed by atoms with Crippen molar-refractivity contribution in [3.63, 3.8) is 0 Å². The normalized spacial score (nSPS) is 10.6. The number of furan rings is 1. The molecule has 130 valence electrons. The first-order valence-electron chi connectivity index (χ1n) is 7.61. The van der Waals surface area contributed by atoms with Gasteiger partial charge in [0, 0.05) is 10.9 Å². The molecule has 0 N–H and O–H groups in total. The number of carbonyl (C=O) groups is 1. The molecule has 25 heavy (non-hydrogen) atoms. The minimum absolute atomic E-state index is 0.0693. The van der Waals surface area contributed by atoms with Crippen LogP contribution < -0.4 is 4.74 Å². The molecule has 0 amide bonds. The first-order valence-corrected chi connectivity index (χ1v) is 8.40. The second-order valence-corrected chi connectivity index (χ2v) is 5.96. The zero-order valence-corrected chi connectivity index (χ0v) is 14.8. The molecular weight excluding hydrogens is 392 g/mol. The monoisotopic (exact) mass is 406 g/mol. The van der Waals surface area contributed by atoms with Crippen LogP contribution >= 0.6 is 15.9 Å². The molecule has 7 nitrogen and oxygen atoms in total. The van der Waals surface area contributed by atoms with Crippen LogP contribution in [0.2, 0.25) is 0 Å². The number of esters is 1. The molecule has 0 aliphatic rings. The molecule has 3 rings (SSSR count). The van der Waals surface area contributed by atoms with E-state index in [-0.39, 0.29) is 30.8 Å². The molecule has 0 fully saturated rings. The Morgan fingerprint density at radius 2 is 2.00 bits per heavy atom. The van der Waals surface area contributed by atoms with Gasteiger partial charge in [-0.25, -0.2) is 0 Å². The molecule has 0 bridgehead atoms. The van der Waals surface area contributed by atoms with E-state index < -0.39 is 0 Å². The van der Waals surface area contributed by atoms with Crippen LogP contribution in [0, 0.1) is 0 Å². The second-order valence-electron chi connectivity index (χ2n) is 5.04. The Kier molecular flexibility index (Phi) is 5.84. The Hall–Kier alpha value is -2.61. The van der Waals surface area contributed by atoms with Crippen LogP contribution in [0.4, 0.5) is 0 Å². The number of rotatable bonds is 8. The molecule has 1 aromatic carbocycles. The summed E-state index contributed by atoms with van der Waals surface area (Å²) in [5.74, 6) is 1.34. The molecule has 0 saturated heterocycles. The van der Waals surface area contributed by atoms with Crippen LogP contribution in [0.5, 0.6) is 5.75 Å². The Labute approximate surface area is 152 Å². The van der Waals surface area contributed by atoms with E-state index in [9.17, 15) is 4.79 Å². The maximum atomic E-state index is 11.7. The van der Waals surface area contributed by atoms with Gasteiger partial charge in [0.2, 0.25) is 0 Å². The highest BCUT2D eigenvalue weighted by Gasteiger charge is 2.12. The largest absolute Gasteiger partial charge is 0.494 e. The van der Waals surface area contributed by atoms with E-state index in [4.69, 9.17) is 18.3 Å².